The van der Waals surface area contributed by atoms with Gasteiger partial charge in [-0.2, -0.15) is 0 Å². The monoisotopic (exact) mass is 600 g/mol. The van der Waals surface area contributed by atoms with Crippen LogP contribution in [-0.4, -0.2) is 64.8 Å². The van der Waals surface area contributed by atoms with E-state index in [2.05, 4.69) is 16.0 Å². The number of nitrogens with zero attached hydrogens (tertiary/aromatic N) is 1. The molecule has 3 aromatic rings. The highest BCUT2D eigenvalue weighted by molar-refractivity contribution is 8.25. The topological polar surface area (TPSA) is 126 Å². The van der Waals surface area contributed by atoms with Gasteiger partial charge in [-0.05, 0) is 67.6 Å². The molecule has 42 heavy (non-hydrogen) atoms. The number of aliphatic hydroxyl groups is 1. The molecule has 228 valence electrons. The molecule has 3 aromatic carbocycles. The van der Waals surface area contributed by atoms with Crippen molar-refractivity contribution >= 4 is 28.1 Å². The van der Waals surface area contributed by atoms with Gasteiger partial charge in [0.05, 0.1) is 30.7 Å². The minimum absolute atomic E-state index is 0.147. The number of amides is 1. The lowest BCUT2D eigenvalue weighted by Crippen LogP contribution is -2.48. The van der Waals surface area contributed by atoms with Crippen molar-refractivity contribution in [3.8, 4) is 5.75 Å². The van der Waals surface area contributed by atoms with Crippen LogP contribution in [-0.2, 0) is 13.0 Å². The number of carbonyl (C=O) groups excluding carboxylic acids is 1. The molecule has 0 aromatic heterocycles. The summed E-state index contributed by atoms with van der Waals surface area (Å²) < 4.78 is 41.8. The van der Waals surface area contributed by atoms with Crippen LogP contribution in [0.5, 0.6) is 5.75 Å². The van der Waals surface area contributed by atoms with E-state index in [1.807, 2.05) is 43.3 Å². The average molecular weight is 601 g/mol. The first-order valence-electron chi connectivity index (χ1n) is 14.2. The number of nitrogens with one attached hydrogen (secondary N) is 3. The van der Waals surface area contributed by atoms with Gasteiger partial charge in [-0.15, -0.1) is 10.8 Å². The summed E-state index contributed by atoms with van der Waals surface area (Å²) in [5.41, 5.74) is 3.35. The van der Waals surface area contributed by atoms with E-state index in [4.69, 9.17) is 4.74 Å². The average Bonchev–Trinajstić information content (AvgIpc) is 2.98. The van der Waals surface area contributed by atoms with Crippen LogP contribution in [0.25, 0.3) is 0 Å². The van der Waals surface area contributed by atoms with Crippen LogP contribution < -0.4 is 25.0 Å². The van der Waals surface area contributed by atoms with Gasteiger partial charge in [-0.1, -0.05) is 36.4 Å². The fraction of sp³-hybridized carbons (Fsp3) is 0.387. The summed E-state index contributed by atoms with van der Waals surface area (Å²) in [7, 11) is -1.56. The zero-order valence-electron chi connectivity index (χ0n) is 24.1. The lowest BCUT2D eigenvalue weighted by atomic mass is 10.00. The Bertz CT molecular complexity index is 1330. The maximum absolute atomic E-state index is 13.8. The molecule has 4 rings (SSSR count). The van der Waals surface area contributed by atoms with E-state index in [0.717, 1.165) is 24.0 Å². The maximum Gasteiger partial charge on any atom is 0.251 e. The minimum Gasteiger partial charge on any atom is -0.494 e. The zero-order valence-corrected chi connectivity index (χ0v) is 24.9. The van der Waals surface area contributed by atoms with E-state index in [1.54, 1.807) is 28.6 Å². The molecule has 1 aliphatic rings. The third-order valence-electron chi connectivity index (χ3n) is 7.21. The molecule has 0 saturated carbocycles. The van der Waals surface area contributed by atoms with E-state index >= 15 is 0 Å². The zero-order chi connectivity index (χ0) is 30.1. The summed E-state index contributed by atoms with van der Waals surface area (Å²) in [4.78, 5) is 13.6. The number of anilines is 2. The van der Waals surface area contributed by atoms with Gasteiger partial charge in [0, 0.05) is 37.4 Å². The fourth-order valence-electron chi connectivity index (χ4n) is 5.02. The van der Waals surface area contributed by atoms with Crippen LogP contribution in [0.4, 0.5) is 15.8 Å². The van der Waals surface area contributed by atoms with Crippen LogP contribution in [0, 0.1) is 5.82 Å². The molecule has 1 aliphatic heterocycles. The summed E-state index contributed by atoms with van der Waals surface area (Å²) in [6, 6.07) is 18.8. The van der Waals surface area contributed by atoms with Crippen LogP contribution in [0.1, 0.15) is 41.3 Å². The van der Waals surface area contributed by atoms with Gasteiger partial charge in [0.15, 0.2) is 11.6 Å². The number of halogens is 1. The molecule has 1 heterocycles. The molecule has 2 atom stereocenters. The summed E-state index contributed by atoms with van der Waals surface area (Å²) in [6.45, 7) is 3.61. The molecule has 1 amide bonds. The molecule has 0 radical (unpaired) electrons. The molecular formula is C31H41FN4O5S. The van der Waals surface area contributed by atoms with Gasteiger partial charge in [-0.3, -0.25) is 18.2 Å². The van der Waals surface area contributed by atoms with Crippen LogP contribution >= 0.6 is 10.8 Å². The van der Waals surface area contributed by atoms with Gasteiger partial charge in [0.25, 0.3) is 5.91 Å². The van der Waals surface area contributed by atoms with Crippen molar-refractivity contribution in [2.75, 3.05) is 42.1 Å². The Balaban J connectivity index is 1.52. The lowest BCUT2D eigenvalue weighted by molar-refractivity contribution is 0.0830. The number of hydrogen-bond acceptors (Lipinski definition) is 8. The number of rotatable bonds is 13. The largest absolute Gasteiger partial charge is 0.494 e. The predicted octanol–water partition coefficient (Wildman–Crippen LogP) is 5.02. The Kier molecular flexibility index (Phi) is 11.1. The van der Waals surface area contributed by atoms with Crippen molar-refractivity contribution < 1.29 is 28.1 Å². The van der Waals surface area contributed by atoms with Crippen molar-refractivity contribution in [1.29, 1.82) is 0 Å². The molecule has 1 saturated heterocycles. The van der Waals surface area contributed by atoms with Crippen molar-refractivity contribution in [3.63, 3.8) is 0 Å². The van der Waals surface area contributed by atoms with E-state index in [-0.39, 0.29) is 18.2 Å². The van der Waals surface area contributed by atoms with E-state index in [1.165, 1.54) is 13.2 Å². The second-order valence-electron chi connectivity index (χ2n) is 10.4. The number of carbonyl (C=O) groups is 1. The van der Waals surface area contributed by atoms with Crippen molar-refractivity contribution in [3.05, 3.63) is 89.2 Å². The smallest absolute Gasteiger partial charge is 0.251 e. The first-order valence-corrected chi connectivity index (χ1v) is 15.9. The molecule has 0 unspecified atom stereocenters. The van der Waals surface area contributed by atoms with Crippen molar-refractivity contribution in [2.24, 2.45) is 0 Å². The Hall–Kier alpha value is -3.35. The Labute approximate surface area is 248 Å². The summed E-state index contributed by atoms with van der Waals surface area (Å²) >= 11 is 0. The van der Waals surface area contributed by atoms with Gasteiger partial charge in [-0.25, -0.2) is 4.39 Å². The van der Waals surface area contributed by atoms with E-state index < -0.39 is 28.7 Å². The van der Waals surface area contributed by atoms with E-state index in [9.17, 15) is 23.4 Å². The first-order chi connectivity index (χ1) is 20.2. The number of hydrogen-bond donors (Lipinski definition) is 6. The van der Waals surface area contributed by atoms with Gasteiger partial charge >= 0.3 is 0 Å². The molecule has 0 aliphatic carbocycles. The van der Waals surface area contributed by atoms with Crippen LogP contribution in [0.15, 0.2) is 66.7 Å². The predicted molar refractivity (Wildman–Crippen MR) is 167 cm³/mol. The Morgan fingerprint density at radius 2 is 1.86 bits per heavy atom. The number of benzene rings is 3. The third-order valence-corrected chi connectivity index (χ3v) is 9.14. The summed E-state index contributed by atoms with van der Waals surface area (Å²) in [6.07, 6.45) is 1.01. The fourth-order valence-corrected chi connectivity index (χ4v) is 6.70. The van der Waals surface area contributed by atoms with Gasteiger partial charge in [0.1, 0.15) is 0 Å². The number of aliphatic hydroxyl groups excluding tert-OH is 1. The standard InChI is InChI=1S/C31H41FN4O5S/c1-3-34-25-17-24(18-26(19-25)36-13-7-8-14-42(36,39)40)31(38)35-28(15-22-9-5-4-6-10-22)29(37)21-33-20-23-11-12-27(32)30(16-23)41-2/h4-6,9-12,16-19,28-29,33-34,37,39-40H,3,7-8,13-15,20-21H2,1-2H3,(H,35,38)/t28-,29+/m0/s1. The van der Waals surface area contributed by atoms with E-state index in [0.29, 0.717) is 48.7 Å². The quantitative estimate of drug-likeness (QED) is 0.162. The van der Waals surface area contributed by atoms with Gasteiger partial charge in [0.2, 0.25) is 0 Å². The highest BCUT2D eigenvalue weighted by atomic mass is 32.3. The SMILES string of the molecule is CCNc1cc(C(=O)N[C@@H](Cc2ccccc2)[C@H](O)CNCc2ccc(F)c(OC)c2)cc(N2CCCCS2(O)O)c1. The molecule has 1 fully saturated rings. The summed E-state index contributed by atoms with van der Waals surface area (Å²) in [5, 5.41) is 20.6. The Morgan fingerprint density at radius 3 is 2.57 bits per heavy atom. The van der Waals surface area contributed by atoms with Crippen LogP contribution in [0.3, 0.4) is 0 Å². The molecule has 0 bridgehead atoms. The highest BCUT2D eigenvalue weighted by Gasteiger charge is 2.28. The second kappa shape index (κ2) is 14.7. The Morgan fingerprint density at radius 1 is 1.07 bits per heavy atom. The minimum atomic E-state index is -2.97. The molecular weight excluding hydrogens is 559 g/mol. The molecule has 0 spiro atoms. The van der Waals surface area contributed by atoms with Gasteiger partial charge < -0.3 is 25.8 Å². The highest BCUT2D eigenvalue weighted by Crippen LogP contribution is 2.50. The number of methoxy groups -OCH3 is 1. The lowest BCUT2D eigenvalue weighted by Gasteiger charge is -2.47. The maximum atomic E-state index is 13.8. The summed E-state index contributed by atoms with van der Waals surface area (Å²) in [5.74, 6) is -0.386. The van der Waals surface area contributed by atoms with Crippen molar-refractivity contribution in [1.82, 2.24) is 10.6 Å². The first kappa shape index (κ1) is 31.6. The van der Waals surface area contributed by atoms with Crippen LogP contribution in [0.2, 0.25) is 0 Å². The third kappa shape index (κ3) is 8.36. The molecule has 11 heteroatoms. The van der Waals surface area contributed by atoms with Crippen molar-refractivity contribution in [2.45, 2.75) is 44.9 Å². The molecule has 6 N–H and O–H groups in total. The number of ether oxygens (including phenoxy) is 1. The second-order valence-corrected chi connectivity index (χ2v) is 12.5. The normalized spacial score (nSPS) is 16.8. The molecule has 9 nitrogen and oxygen atoms in total.